The maximum Gasteiger partial charge on any atom is 0.265 e. The third-order valence-corrected chi connectivity index (χ3v) is 4.55. The van der Waals surface area contributed by atoms with Crippen LogP contribution in [0.15, 0.2) is 48.5 Å². The first-order valence-corrected chi connectivity index (χ1v) is 9.08. The van der Waals surface area contributed by atoms with Crippen LogP contribution < -0.4 is 14.8 Å². The van der Waals surface area contributed by atoms with E-state index >= 15 is 0 Å². The van der Waals surface area contributed by atoms with Gasteiger partial charge in [0.2, 0.25) is 0 Å². The molecule has 3 rings (SSSR count). The van der Waals surface area contributed by atoms with E-state index in [9.17, 15) is 9.59 Å². The number of hydrogen-bond donors (Lipinski definition) is 1. The molecule has 1 N–H and O–H groups in total. The highest BCUT2D eigenvalue weighted by atomic mass is 16.5. The van der Waals surface area contributed by atoms with Crippen LogP contribution in [0.3, 0.4) is 0 Å². The highest BCUT2D eigenvalue weighted by molar-refractivity contribution is 6.04. The van der Waals surface area contributed by atoms with Crippen molar-refractivity contribution >= 4 is 17.5 Å². The molecule has 0 bridgehead atoms. The minimum Gasteiger partial charge on any atom is -0.497 e. The van der Waals surface area contributed by atoms with Crippen molar-refractivity contribution < 1.29 is 19.1 Å². The number of carbonyl (C=O) groups excluding carboxylic acids is 2. The summed E-state index contributed by atoms with van der Waals surface area (Å²) in [5.41, 5.74) is 1.01. The highest BCUT2D eigenvalue weighted by Gasteiger charge is 2.23. The minimum absolute atomic E-state index is 0.0490. The van der Waals surface area contributed by atoms with Crippen LogP contribution in [0.2, 0.25) is 0 Å². The molecule has 1 heterocycles. The van der Waals surface area contributed by atoms with E-state index in [4.69, 9.17) is 9.47 Å². The largest absolute Gasteiger partial charge is 0.497 e. The van der Waals surface area contributed by atoms with Crippen molar-refractivity contribution in [3.63, 3.8) is 0 Å². The Labute approximate surface area is 159 Å². The number of carbonyl (C=O) groups is 2. The molecule has 0 aliphatic carbocycles. The normalized spacial score (nSPS) is 14.5. The molecule has 2 aromatic carbocycles. The predicted molar refractivity (Wildman–Crippen MR) is 103 cm³/mol. The number of benzene rings is 2. The molecule has 1 saturated heterocycles. The first kappa shape index (κ1) is 18.8. The molecule has 0 spiro atoms. The van der Waals surface area contributed by atoms with Gasteiger partial charge in [-0.1, -0.05) is 12.1 Å². The van der Waals surface area contributed by atoms with E-state index in [-0.39, 0.29) is 11.8 Å². The van der Waals surface area contributed by atoms with Gasteiger partial charge >= 0.3 is 0 Å². The zero-order valence-electron chi connectivity index (χ0n) is 15.6. The number of nitrogens with one attached hydrogen (secondary N) is 1. The van der Waals surface area contributed by atoms with E-state index in [1.807, 2.05) is 4.90 Å². The second-order valence-corrected chi connectivity index (χ2v) is 6.47. The van der Waals surface area contributed by atoms with E-state index < -0.39 is 6.10 Å². The molecular formula is C21H24N2O4. The van der Waals surface area contributed by atoms with Gasteiger partial charge < -0.3 is 19.7 Å². The van der Waals surface area contributed by atoms with Gasteiger partial charge in [0.1, 0.15) is 11.5 Å². The number of amides is 2. The minimum atomic E-state index is -0.715. The summed E-state index contributed by atoms with van der Waals surface area (Å²) >= 11 is 0. The lowest BCUT2D eigenvalue weighted by Crippen LogP contribution is -2.32. The van der Waals surface area contributed by atoms with E-state index in [2.05, 4.69) is 5.32 Å². The van der Waals surface area contributed by atoms with Gasteiger partial charge in [-0.3, -0.25) is 9.59 Å². The standard InChI is InChI=1S/C21H24N2O4/c1-15(27-17-11-9-16(26-2)10-12-17)20(24)22-19-8-4-3-7-18(19)21(25)23-13-5-6-14-23/h3-4,7-12,15H,5-6,13-14H2,1-2H3,(H,22,24). The van der Waals surface area contributed by atoms with Crippen molar-refractivity contribution in [1.29, 1.82) is 0 Å². The topological polar surface area (TPSA) is 67.9 Å². The van der Waals surface area contributed by atoms with E-state index in [0.717, 1.165) is 25.9 Å². The molecule has 1 unspecified atom stereocenters. The molecule has 6 nitrogen and oxygen atoms in total. The van der Waals surface area contributed by atoms with Gasteiger partial charge in [0.05, 0.1) is 18.4 Å². The fraction of sp³-hybridized carbons (Fsp3) is 0.333. The Bertz CT molecular complexity index is 798. The summed E-state index contributed by atoms with van der Waals surface area (Å²) in [5.74, 6) is 0.924. The molecule has 1 fully saturated rings. The molecule has 2 aromatic rings. The number of nitrogens with zero attached hydrogens (tertiary/aromatic N) is 1. The third-order valence-electron chi connectivity index (χ3n) is 4.55. The average Bonchev–Trinajstić information content (AvgIpc) is 3.23. The molecule has 0 aromatic heterocycles. The molecule has 2 amide bonds. The Morgan fingerprint density at radius 2 is 1.63 bits per heavy atom. The fourth-order valence-corrected chi connectivity index (χ4v) is 3.02. The van der Waals surface area contributed by atoms with Crippen molar-refractivity contribution in [1.82, 2.24) is 4.90 Å². The lowest BCUT2D eigenvalue weighted by atomic mass is 10.1. The number of methoxy groups -OCH3 is 1. The van der Waals surface area contributed by atoms with Gasteiger partial charge in [0.25, 0.3) is 11.8 Å². The highest BCUT2D eigenvalue weighted by Crippen LogP contribution is 2.22. The van der Waals surface area contributed by atoms with Gasteiger partial charge in [-0.05, 0) is 56.2 Å². The monoisotopic (exact) mass is 368 g/mol. The van der Waals surface area contributed by atoms with Gasteiger partial charge in [-0.15, -0.1) is 0 Å². The molecule has 142 valence electrons. The molecule has 0 saturated carbocycles. The number of ether oxygens (including phenoxy) is 2. The quantitative estimate of drug-likeness (QED) is 0.849. The first-order valence-electron chi connectivity index (χ1n) is 9.08. The molecule has 1 aliphatic rings. The predicted octanol–water partition coefficient (Wildman–Crippen LogP) is 3.34. The van der Waals surface area contributed by atoms with Crippen LogP contribution in [0.1, 0.15) is 30.1 Å². The molecule has 0 radical (unpaired) electrons. The Balaban J connectivity index is 1.67. The van der Waals surface area contributed by atoms with Crippen molar-refractivity contribution in [3.8, 4) is 11.5 Å². The maximum absolute atomic E-state index is 12.7. The smallest absolute Gasteiger partial charge is 0.265 e. The Morgan fingerprint density at radius 1 is 1.00 bits per heavy atom. The Kier molecular flexibility index (Phi) is 5.96. The third kappa shape index (κ3) is 4.58. The lowest BCUT2D eigenvalue weighted by molar-refractivity contribution is -0.122. The van der Waals surface area contributed by atoms with Crippen LogP contribution in [0, 0.1) is 0 Å². The van der Waals surface area contributed by atoms with Crippen molar-refractivity contribution in [2.24, 2.45) is 0 Å². The molecule has 27 heavy (non-hydrogen) atoms. The van der Waals surface area contributed by atoms with E-state index in [1.54, 1.807) is 62.6 Å². The van der Waals surface area contributed by atoms with Gasteiger partial charge in [-0.25, -0.2) is 0 Å². The summed E-state index contributed by atoms with van der Waals surface area (Å²) in [5, 5.41) is 2.82. The van der Waals surface area contributed by atoms with Crippen LogP contribution in [0.4, 0.5) is 5.69 Å². The lowest BCUT2D eigenvalue weighted by Gasteiger charge is -2.19. The summed E-state index contributed by atoms with van der Waals surface area (Å²) in [6.45, 7) is 3.20. The van der Waals surface area contributed by atoms with Gasteiger partial charge in [0.15, 0.2) is 6.10 Å². The van der Waals surface area contributed by atoms with Crippen LogP contribution in [0.25, 0.3) is 0 Å². The SMILES string of the molecule is COc1ccc(OC(C)C(=O)Nc2ccccc2C(=O)N2CCCC2)cc1. The van der Waals surface area contributed by atoms with E-state index in [1.165, 1.54) is 0 Å². The molecule has 6 heteroatoms. The van der Waals surface area contributed by atoms with Gasteiger partial charge in [0, 0.05) is 13.1 Å². The number of anilines is 1. The fourth-order valence-electron chi connectivity index (χ4n) is 3.02. The number of para-hydroxylation sites is 1. The maximum atomic E-state index is 12.7. The number of hydrogen-bond acceptors (Lipinski definition) is 4. The molecule has 1 aliphatic heterocycles. The van der Waals surface area contributed by atoms with Crippen LogP contribution in [0.5, 0.6) is 11.5 Å². The summed E-state index contributed by atoms with van der Waals surface area (Å²) < 4.78 is 10.8. The average molecular weight is 368 g/mol. The van der Waals surface area contributed by atoms with E-state index in [0.29, 0.717) is 22.7 Å². The number of likely N-dealkylation sites (tertiary alicyclic amines) is 1. The Hall–Kier alpha value is -3.02. The second kappa shape index (κ2) is 8.58. The summed E-state index contributed by atoms with van der Waals surface area (Å²) in [6, 6.07) is 14.1. The second-order valence-electron chi connectivity index (χ2n) is 6.47. The van der Waals surface area contributed by atoms with Crippen LogP contribution >= 0.6 is 0 Å². The van der Waals surface area contributed by atoms with Crippen molar-refractivity contribution in [3.05, 3.63) is 54.1 Å². The number of rotatable bonds is 6. The van der Waals surface area contributed by atoms with Crippen LogP contribution in [-0.4, -0.2) is 43.0 Å². The van der Waals surface area contributed by atoms with Crippen molar-refractivity contribution in [2.75, 3.05) is 25.5 Å². The van der Waals surface area contributed by atoms with Gasteiger partial charge in [-0.2, -0.15) is 0 Å². The summed E-state index contributed by atoms with van der Waals surface area (Å²) in [7, 11) is 1.59. The molecular weight excluding hydrogens is 344 g/mol. The molecule has 1 atom stereocenters. The van der Waals surface area contributed by atoms with Crippen LogP contribution in [-0.2, 0) is 4.79 Å². The summed E-state index contributed by atoms with van der Waals surface area (Å²) in [6.07, 6.45) is 1.33. The zero-order chi connectivity index (χ0) is 19.2. The first-order chi connectivity index (χ1) is 13.1. The van der Waals surface area contributed by atoms with Crippen molar-refractivity contribution in [2.45, 2.75) is 25.9 Å². The zero-order valence-corrected chi connectivity index (χ0v) is 15.6. The summed E-state index contributed by atoms with van der Waals surface area (Å²) in [4.78, 5) is 27.1. The Morgan fingerprint density at radius 3 is 2.30 bits per heavy atom.